The molecule has 2 aromatic rings. The van der Waals surface area contributed by atoms with Crippen molar-refractivity contribution in [2.75, 3.05) is 5.73 Å². The van der Waals surface area contributed by atoms with E-state index in [4.69, 9.17) is 11.5 Å². The highest BCUT2D eigenvalue weighted by molar-refractivity contribution is 8.04. The molecule has 6 heteroatoms. The van der Waals surface area contributed by atoms with Gasteiger partial charge in [-0.05, 0) is 43.5 Å². The molecule has 0 aliphatic carbocycles. The second kappa shape index (κ2) is 7.41. The van der Waals surface area contributed by atoms with E-state index in [1.165, 1.54) is 5.56 Å². The highest BCUT2D eigenvalue weighted by atomic mass is 32.2. The Balaban J connectivity index is 1.93. The average Bonchev–Trinajstić information content (AvgIpc) is 2.88. The lowest BCUT2D eigenvalue weighted by Gasteiger charge is -2.29. The number of carbonyl (C=O) groups is 1. The third kappa shape index (κ3) is 3.70. The van der Waals surface area contributed by atoms with Crippen LogP contribution < -0.4 is 11.5 Å². The number of carbonyl (C=O) groups excluding carboxylic acids is 1. The Bertz CT molecular complexity index is 840. The molecule has 3 rings (SSSR count). The summed E-state index contributed by atoms with van der Waals surface area (Å²) in [4.78, 5) is 19.2. The minimum atomic E-state index is -0.364. The third-order valence-corrected chi connectivity index (χ3v) is 6.17. The van der Waals surface area contributed by atoms with Gasteiger partial charge in [-0.2, -0.15) is 0 Å². The quantitative estimate of drug-likeness (QED) is 0.847. The van der Waals surface area contributed by atoms with Gasteiger partial charge in [0, 0.05) is 24.4 Å². The van der Waals surface area contributed by atoms with Crippen LogP contribution in [0.3, 0.4) is 0 Å². The number of nitrogen functional groups attached to an aromatic ring is 1. The number of nitrogens with two attached hydrogens (primary N) is 2. The molecule has 1 aromatic heterocycles. The lowest BCUT2D eigenvalue weighted by Crippen LogP contribution is -2.29. The maximum absolute atomic E-state index is 11.9. The second-order valence-corrected chi connectivity index (χ2v) is 7.78. The number of benzene rings is 1. The van der Waals surface area contributed by atoms with Crippen molar-refractivity contribution in [3.05, 3.63) is 69.4 Å². The van der Waals surface area contributed by atoms with Crippen molar-refractivity contribution in [1.29, 1.82) is 0 Å². The van der Waals surface area contributed by atoms with Gasteiger partial charge in [0.2, 0.25) is 0 Å². The third-order valence-electron chi connectivity index (χ3n) is 4.74. The van der Waals surface area contributed by atoms with Crippen molar-refractivity contribution in [1.82, 2.24) is 9.88 Å². The van der Waals surface area contributed by atoms with E-state index in [9.17, 15) is 4.79 Å². The summed E-state index contributed by atoms with van der Waals surface area (Å²) in [5.74, 6) is 0.169. The number of hydrogen-bond acceptors (Lipinski definition) is 5. The number of primary amides is 1. The number of thioether (sulfide) groups is 1. The molecule has 1 aromatic carbocycles. The molecule has 1 aliphatic rings. The lowest BCUT2D eigenvalue weighted by molar-refractivity contribution is -0.114. The van der Waals surface area contributed by atoms with Gasteiger partial charge in [0.25, 0.3) is 5.91 Å². The summed E-state index contributed by atoms with van der Waals surface area (Å²) in [6.45, 7) is 6.66. The fourth-order valence-corrected chi connectivity index (χ4v) is 4.66. The van der Waals surface area contributed by atoms with Crippen LogP contribution in [-0.2, 0) is 17.8 Å². The van der Waals surface area contributed by atoms with Gasteiger partial charge in [-0.1, -0.05) is 42.1 Å². The van der Waals surface area contributed by atoms with Crippen molar-refractivity contribution in [3.63, 3.8) is 0 Å². The highest BCUT2D eigenvalue weighted by Gasteiger charge is 2.33. The van der Waals surface area contributed by atoms with Crippen LogP contribution in [0.1, 0.15) is 29.3 Å². The van der Waals surface area contributed by atoms with Crippen LogP contribution in [0.15, 0.2) is 47.0 Å². The fourth-order valence-electron chi connectivity index (χ4n) is 3.35. The van der Waals surface area contributed by atoms with Gasteiger partial charge in [0.15, 0.2) is 0 Å². The molecule has 0 radical (unpaired) electrons. The van der Waals surface area contributed by atoms with Crippen molar-refractivity contribution in [2.24, 2.45) is 5.73 Å². The van der Waals surface area contributed by atoms with Gasteiger partial charge in [-0.25, -0.2) is 4.98 Å². The van der Waals surface area contributed by atoms with E-state index < -0.39 is 0 Å². The summed E-state index contributed by atoms with van der Waals surface area (Å²) >= 11 is 1.55. The van der Waals surface area contributed by atoms with Gasteiger partial charge >= 0.3 is 0 Å². The Hall–Kier alpha value is -2.47. The second-order valence-electron chi connectivity index (χ2n) is 6.60. The van der Waals surface area contributed by atoms with Crippen molar-refractivity contribution < 1.29 is 4.79 Å². The number of nitrogens with zero attached hydrogens (tertiary/aromatic N) is 2. The first-order chi connectivity index (χ1) is 12.4. The summed E-state index contributed by atoms with van der Waals surface area (Å²) in [5.41, 5.74) is 16.8. The maximum Gasteiger partial charge on any atom is 0.256 e. The van der Waals surface area contributed by atoms with Crippen LogP contribution in [0.25, 0.3) is 0 Å². The Kier molecular flexibility index (Phi) is 5.23. The van der Waals surface area contributed by atoms with E-state index in [1.807, 2.05) is 45.0 Å². The number of hydrogen-bond donors (Lipinski definition) is 2. The van der Waals surface area contributed by atoms with Gasteiger partial charge in [0.05, 0.1) is 10.3 Å². The Morgan fingerprint density at radius 2 is 1.92 bits per heavy atom. The molecule has 136 valence electrons. The van der Waals surface area contributed by atoms with Crippen molar-refractivity contribution in [2.45, 2.75) is 39.1 Å². The molecule has 1 unspecified atom stereocenters. The predicted molar refractivity (Wildman–Crippen MR) is 107 cm³/mol. The van der Waals surface area contributed by atoms with Gasteiger partial charge in [0.1, 0.15) is 5.82 Å². The van der Waals surface area contributed by atoms with E-state index in [0.717, 1.165) is 28.9 Å². The summed E-state index contributed by atoms with van der Waals surface area (Å²) < 4.78 is 0. The first kappa shape index (κ1) is 18.3. The first-order valence-electron chi connectivity index (χ1n) is 8.57. The molecule has 1 atom stereocenters. The molecular formula is C20H24N4OS. The molecule has 0 fully saturated rings. The van der Waals surface area contributed by atoms with Crippen LogP contribution in [0, 0.1) is 13.8 Å². The molecule has 0 bridgehead atoms. The zero-order valence-corrected chi connectivity index (χ0v) is 16.1. The van der Waals surface area contributed by atoms with Crippen LogP contribution in [0.2, 0.25) is 0 Å². The Morgan fingerprint density at radius 3 is 2.54 bits per heavy atom. The Morgan fingerprint density at radius 1 is 1.23 bits per heavy atom. The van der Waals surface area contributed by atoms with E-state index in [-0.39, 0.29) is 11.3 Å². The van der Waals surface area contributed by atoms with Crippen molar-refractivity contribution >= 4 is 23.5 Å². The van der Waals surface area contributed by atoms with Gasteiger partial charge < -0.3 is 16.4 Å². The molecule has 26 heavy (non-hydrogen) atoms. The fraction of sp³-hybridized carbons (Fsp3) is 0.300. The molecule has 1 amide bonds. The molecular weight excluding hydrogens is 344 g/mol. The standard InChI is InChI=1S/C20H24N4OS/c1-12-9-17(21)23-13(2)16(12)11-24-14(3)19(20(22)25)26-18(24)10-15-7-5-4-6-8-15/h4-9,18H,10-11H2,1-3H3,(H2,21,23)(H2,22,25). The number of aromatic nitrogens is 1. The molecule has 2 heterocycles. The zero-order chi connectivity index (χ0) is 18.8. The summed E-state index contributed by atoms with van der Waals surface area (Å²) in [7, 11) is 0. The number of aryl methyl sites for hydroxylation is 2. The number of allylic oxidation sites excluding steroid dienone is 1. The number of pyridine rings is 1. The molecule has 0 saturated carbocycles. The normalized spacial score (nSPS) is 17.0. The van der Waals surface area contributed by atoms with Crippen LogP contribution in [-0.4, -0.2) is 21.2 Å². The minimum absolute atomic E-state index is 0.122. The predicted octanol–water partition coefficient (Wildman–Crippen LogP) is 3.12. The number of anilines is 1. The van der Waals surface area contributed by atoms with Crippen LogP contribution >= 0.6 is 11.8 Å². The summed E-state index contributed by atoms with van der Waals surface area (Å²) in [6.07, 6.45) is 0.833. The Labute approximate surface area is 158 Å². The van der Waals surface area contributed by atoms with E-state index in [2.05, 4.69) is 22.0 Å². The number of amides is 1. The van der Waals surface area contributed by atoms with Crippen LogP contribution in [0.4, 0.5) is 5.82 Å². The highest BCUT2D eigenvalue weighted by Crippen LogP contribution is 2.40. The SMILES string of the molecule is CC1=C(C(N)=O)SC(Cc2ccccc2)N1Cc1c(C)cc(N)nc1C. The average molecular weight is 369 g/mol. The van der Waals surface area contributed by atoms with Crippen molar-refractivity contribution in [3.8, 4) is 0 Å². The largest absolute Gasteiger partial charge is 0.384 e. The summed E-state index contributed by atoms with van der Waals surface area (Å²) in [5, 5.41) is 0.122. The molecule has 1 aliphatic heterocycles. The molecule has 5 nitrogen and oxygen atoms in total. The monoisotopic (exact) mass is 368 g/mol. The molecule has 0 spiro atoms. The van der Waals surface area contributed by atoms with Gasteiger partial charge in [-0.3, -0.25) is 4.79 Å². The maximum atomic E-state index is 11.9. The summed E-state index contributed by atoms with van der Waals surface area (Å²) in [6, 6.07) is 12.2. The van der Waals surface area contributed by atoms with E-state index >= 15 is 0 Å². The smallest absolute Gasteiger partial charge is 0.256 e. The van der Waals surface area contributed by atoms with E-state index in [0.29, 0.717) is 17.3 Å². The topological polar surface area (TPSA) is 85.2 Å². The zero-order valence-electron chi connectivity index (χ0n) is 15.3. The lowest BCUT2D eigenvalue weighted by atomic mass is 10.1. The molecule has 4 N–H and O–H groups in total. The number of rotatable bonds is 5. The van der Waals surface area contributed by atoms with Gasteiger partial charge in [-0.15, -0.1) is 0 Å². The first-order valence-corrected chi connectivity index (χ1v) is 9.45. The van der Waals surface area contributed by atoms with Crippen LogP contribution in [0.5, 0.6) is 0 Å². The molecule has 0 saturated heterocycles. The minimum Gasteiger partial charge on any atom is -0.384 e. The van der Waals surface area contributed by atoms with E-state index in [1.54, 1.807) is 11.8 Å².